The average Bonchev–Trinajstić information content (AvgIpc) is 3.69. The fourth-order valence-electron chi connectivity index (χ4n) is 6.60. The van der Waals surface area contributed by atoms with E-state index in [-0.39, 0.29) is 29.4 Å². The molecule has 0 aliphatic carbocycles. The lowest BCUT2D eigenvalue weighted by molar-refractivity contribution is -0.121. The molecule has 0 radical (unpaired) electrons. The minimum atomic E-state index is -0.800. The van der Waals surface area contributed by atoms with Crippen molar-refractivity contribution < 1.29 is 33.6 Å². The lowest BCUT2D eigenvalue weighted by Gasteiger charge is -2.39. The van der Waals surface area contributed by atoms with Crippen molar-refractivity contribution in [2.45, 2.75) is 56.5 Å². The van der Waals surface area contributed by atoms with E-state index < -0.39 is 18.1 Å². The van der Waals surface area contributed by atoms with Crippen LogP contribution in [0.25, 0.3) is 0 Å². The fraction of sp³-hybridized carbons (Fsp3) is 0.429. The third-order valence-electron chi connectivity index (χ3n) is 9.12. The molecule has 10 nitrogen and oxygen atoms in total. The second-order valence-corrected chi connectivity index (χ2v) is 12.8. The van der Waals surface area contributed by atoms with E-state index in [1.807, 2.05) is 42.5 Å². The predicted molar refractivity (Wildman–Crippen MR) is 173 cm³/mol. The summed E-state index contributed by atoms with van der Waals surface area (Å²) in [7, 11) is 1.61. The highest BCUT2D eigenvalue weighted by atomic mass is 35.5. The number of β-amino-alcohol motifs (C(OH)–C–C–N with tert-alkyl or cyclic N) is 1. The van der Waals surface area contributed by atoms with Crippen molar-refractivity contribution in [2.24, 2.45) is 5.73 Å². The minimum absolute atomic E-state index is 0.0243. The summed E-state index contributed by atoms with van der Waals surface area (Å²) in [5, 5.41) is 11.7. The summed E-state index contributed by atoms with van der Waals surface area (Å²) < 4.78 is 23.7. The van der Waals surface area contributed by atoms with Crippen molar-refractivity contribution in [1.82, 2.24) is 9.80 Å². The van der Waals surface area contributed by atoms with Crippen molar-refractivity contribution in [1.29, 1.82) is 0 Å². The third kappa shape index (κ3) is 7.19. The number of halogens is 1. The number of ether oxygens (including phenoxy) is 4. The number of likely N-dealkylation sites (tertiary alicyclic amines) is 2. The molecule has 0 bridgehead atoms. The first-order valence-electron chi connectivity index (χ1n) is 15.7. The second kappa shape index (κ2) is 13.8. The van der Waals surface area contributed by atoms with Crippen LogP contribution in [-0.4, -0.2) is 84.4 Å². The van der Waals surface area contributed by atoms with Crippen LogP contribution in [-0.2, 0) is 17.8 Å². The number of amides is 2. The van der Waals surface area contributed by atoms with E-state index >= 15 is 0 Å². The number of carbonyl (C=O) groups is 2. The zero-order valence-electron chi connectivity index (χ0n) is 26.0. The first-order chi connectivity index (χ1) is 22.2. The molecule has 2 fully saturated rings. The number of primary amides is 1. The third-order valence-corrected chi connectivity index (χ3v) is 9.35. The molecule has 3 heterocycles. The normalized spacial score (nSPS) is 19.4. The number of nitrogens with zero attached hydrogens (tertiary/aromatic N) is 2. The van der Waals surface area contributed by atoms with Gasteiger partial charge < -0.3 is 39.6 Å². The monoisotopic (exact) mass is 649 g/mol. The Balaban J connectivity index is 1.09. The summed E-state index contributed by atoms with van der Waals surface area (Å²) in [6, 6.07) is 17.7. The van der Waals surface area contributed by atoms with Gasteiger partial charge in [-0.2, -0.15) is 0 Å². The van der Waals surface area contributed by atoms with Gasteiger partial charge in [0.15, 0.2) is 0 Å². The lowest BCUT2D eigenvalue weighted by atomic mass is 9.87. The van der Waals surface area contributed by atoms with Gasteiger partial charge in [0, 0.05) is 56.5 Å². The standard InChI is InChI=1S/C35H40ClN3O7/c1-43-27-7-4-23(5-8-27)21-44-28-9-10-29(34(42)39-14-2-3-30(39)33(37)41)32(18-28)45-22-26(40)20-38-15-12-35(13-16-38)19-24-17-25(36)6-11-31(24)46-35/h4-11,17-18,26,30,40H,2-3,12-16,19-22H2,1H3,(H2,37,41)/t26-,30+/m0/s1. The highest BCUT2D eigenvalue weighted by Crippen LogP contribution is 2.42. The molecule has 0 unspecified atom stereocenters. The van der Waals surface area contributed by atoms with Gasteiger partial charge in [-0.1, -0.05) is 23.7 Å². The van der Waals surface area contributed by atoms with E-state index in [0.717, 1.165) is 55.0 Å². The molecule has 2 amide bonds. The number of piperidine rings is 1. The number of hydrogen-bond acceptors (Lipinski definition) is 8. The molecule has 2 saturated heterocycles. The van der Waals surface area contributed by atoms with Gasteiger partial charge in [0.1, 0.15) is 54.0 Å². The van der Waals surface area contributed by atoms with Crippen molar-refractivity contribution in [3.05, 3.63) is 82.4 Å². The summed E-state index contributed by atoms with van der Waals surface area (Å²) >= 11 is 6.19. The quantitative estimate of drug-likeness (QED) is 0.317. The van der Waals surface area contributed by atoms with Gasteiger partial charge >= 0.3 is 0 Å². The number of aliphatic hydroxyl groups is 1. The molecule has 11 heteroatoms. The molecule has 6 rings (SSSR count). The summed E-state index contributed by atoms with van der Waals surface area (Å²) in [6.07, 6.45) is 2.95. The Morgan fingerprint density at radius 2 is 1.80 bits per heavy atom. The zero-order valence-corrected chi connectivity index (χ0v) is 26.7. The van der Waals surface area contributed by atoms with E-state index in [9.17, 15) is 14.7 Å². The SMILES string of the molecule is COc1ccc(COc2ccc(C(=O)N3CCC[C@@H]3C(N)=O)c(OC[C@@H](O)CN3CCC4(CC3)Cc3cc(Cl)ccc3O4)c2)cc1. The Morgan fingerprint density at radius 3 is 2.54 bits per heavy atom. The van der Waals surface area contributed by atoms with Gasteiger partial charge in [-0.25, -0.2) is 0 Å². The van der Waals surface area contributed by atoms with Crippen LogP contribution in [0.3, 0.4) is 0 Å². The summed E-state index contributed by atoms with van der Waals surface area (Å²) in [5.41, 5.74) is 7.73. The van der Waals surface area contributed by atoms with E-state index in [2.05, 4.69) is 4.90 Å². The molecule has 46 heavy (non-hydrogen) atoms. The van der Waals surface area contributed by atoms with Crippen LogP contribution in [0.4, 0.5) is 0 Å². The topological polar surface area (TPSA) is 124 Å². The number of carbonyl (C=O) groups excluding carboxylic acids is 2. The molecule has 3 aliphatic heterocycles. The van der Waals surface area contributed by atoms with Crippen molar-refractivity contribution in [3.8, 4) is 23.0 Å². The Hall–Kier alpha value is -3.99. The number of aliphatic hydroxyl groups excluding tert-OH is 1. The molecule has 0 saturated carbocycles. The smallest absolute Gasteiger partial charge is 0.258 e. The largest absolute Gasteiger partial charge is 0.497 e. The summed E-state index contributed by atoms with van der Waals surface area (Å²) in [4.78, 5) is 29.3. The van der Waals surface area contributed by atoms with Crippen molar-refractivity contribution in [3.63, 3.8) is 0 Å². The number of benzene rings is 3. The molecular formula is C35H40ClN3O7. The van der Waals surface area contributed by atoms with Crippen molar-refractivity contribution >= 4 is 23.4 Å². The lowest BCUT2D eigenvalue weighted by Crippen LogP contribution is -2.49. The molecule has 3 aromatic carbocycles. The minimum Gasteiger partial charge on any atom is -0.497 e. The number of methoxy groups -OCH3 is 1. The molecule has 3 aromatic rings. The maximum atomic E-state index is 13.6. The van der Waals surface area contributed by atoms with Crippen LogP contribution in [0.1, 0.15) is 47.2 Å². The molecular weight excluding hydrogens is 610 g/mol. The zero-order chi connectivity index (χ0) is 32.3. The molecule has 3 N–H and O–H groups in total. The number of rotatable bonds is 11. The Kier molecular flexibility index (Phi) is 9.58. The van der Waals surface area contributed by atoms with Gasteiger partial charge in [-0.3, -0.25) is 9.59 Å². The molecule has 2 atom stereocenters. The summed E-state index contributed by atoms with van der Waals surface area (Å²) in [5.74, 6) is 1.58. The van der Waals surface area contributed by atoms with E-state index in [4.69, 9.17) is 36.3 Å². The highest BCUT2D eigenvalue weighted by Gasteiger charge is 2.42. The molecule has 0 aromatic heterocycles. The van der Waals surface area contributed by atoms with Crippen LogP contribution >= 0.6 is 11.6 Å². The van der Waals surface area contributed by atoms with Gasteiger partial charge in [0.25, 0.3) is 5.91 Å². The fourth-order valence-corrected chi connectivity index (χ4v) is 6.79. The van der Waals surface area contributed by atoms with Crippen LogP contribution in [0.2, 0.25) is 5.02 Å². The van der Waals surface area contributed by atoms with Gasteiger partial charge in [-0.05, 0) is 66.4 Å². The Morgan fingerprint density at radius 1 is 1.04 bits per heavy atom. The first kappa shape index (κ1) is 32.0. The second-order valence-electron chi connectivity index (χ2n) is 12.3. The van der Waals surface area contributed by atoms with Crippen LogP contribution in [0.5, 0.6) is 23.0 Å². The molecule has 1 spiro atoms. The van der Waals surface area contributed by atoms with Crippen molar-refractivity contribution in [2.75, 3.05) is 39.9 Å². The maximum Gasteiger partial charge on any atom is 0.258 e. The van der Waals surface area contributed by atoms with Gasteiger partial charge in [0.05, 0.1) is 12.7 Å². The molecule has 3 aliphatic rings. The van der Waals surface area contributed by atoms with Gasteiger partial charge in [-0.15, -0.1) is 0 Å². The van der Waals surface area contributed by atoms with E-state index in [1.54, 1.807) is 25.3 Å². The number of nitrogens with two attached hydrogens (primary N) is 1. The van der Waals surface area contributed by atoms with Crippen LogP contribution in [0, 0.1) is 0 Å². The van der Waals surface area contributed by atoms with Crippen LogP contribution < -0.4 is 24.7 Å². The Labute approximate surface area is 273 Å². The number of fused-ring (bicyclic) bond motifs is 1. The highest BCUT2D eigenvalue weighted by molar-refractivity contribution is 6.30. The Bertz CT molecular complexity index is 1560. The number of hydrogen-bond donors (Lipinski definition) is 2. The van der Waals surface area contributed by atoms with E-state index in [0.29, 0.717) is 43.3 Å². The summed E-state index contributed by atoms with van der Waals surface area (Å²) in [6.45, 7) is 2.68. The van der Waals surface area contributed by atoms with E-state index in [1.165, 1.54) is 4.90 Å². The molecule has 244 valence electrons. The maximum absolute atomic E-state index is 13.6. The average molecular weight is 650 g/mol. The first-order valence-corrected chi connectivity index (χ1v) is 16.1. The van der Waals surface area contributed by atoms with Crippen LogP contribution in [0.15, 0.2) is 60.7 Å². The predicted octanol–water partition coefficient (Wildman–Crippen LogP) is 4.23. The van der Waals surface area contributed by atoms with Gasteiger partial charge in [0.2, 0.25) is 5.91 Å².